The number of aromatic hydroxyl groups is 1. The fourth-order valence-corrected chi connectivity index (χ4v) is 3.09. The van der Waals surface area contributed by atoms with Crippen molar-refractivity contribution in [2.45, 2.75) is 6.92 Å². The van der Waals surface area contributed by atoms with Crippen LogP contribution in [0.15, 0.2) is 27.3 Å². The van der Waals surface area contributed by atoms with Crippen molar-refractivity contribution in [1.82, 2.24) is 0 Å². The van der Waals surface area contributed by atoms with Crippen molar-refractivity contribution >= 4 is 39.3 Å². The number of anilines is 1. The topological polar surface area (TPSA) is 62.1 Å². The molecule has 0 saturated carbocycles. The number of phenolic OH excluding ortho intramolecular Hbond substituents is 1. The first-order valence-corrected chi connectivity index (χ1v) is 8.57. The van der Waals surface area contributed by atoms with Crippen LogP contribution >= 0.6 is 15.9 Å². The van der Waals surface area contributed by atoms with Crippen LogP contribution in [0.3, 0.4) is 0 Å². The number of methoxy groups -OCH3 is 1. The fraction of sp³-hybridized carbons (Fsp3) is 0.111. The monoisotopic (exact) mass is 476 g/mol. The molecule has 0 fully saturated rings. The van der Waals surface area contributed by atoms with Gasteiger partial charge in [0.1, 0.15) is 5.69 Å². The van der Waals surface area contributed by atoms with Gasteiger partial charge in [0.25, 0.3) is 5.91 Å². The SMILES string of the molecule is COc1cc(Br)cc(/C=C2/C(=O)N(c3c(F)c(F)c(F)c(F)c3F)N=C2C)c1O. The van der Waals surface area contributed by atoms with E-state index in [1.165, 1.54) is 26.2 Å². The second-order valence-electron chi connectivity index (χ2n) is 5.82. The summed E-state index contributed by atoms with van der Waals surface area (Å²) in [6.07, 6.45) is 1.15. The molecule has 1 amide bonds. The minimum atomic E-state index is -2.35. The zero-order chi connectivity index (χ0) is 21.6. The van der Waals surface area contributed by atoms with Gasteiger partial charge in [0.05, 0.1) is 18.4 Å². The molecule has 1 heterocycles. The van der Waals surface area contributed by atoms with Crippen LogP contribution in [0.1, 0.15) is 12.5 Å². The molecule has 1 aliphatic rings. The normalized spacial score (nSPS) is 15.3. The predicted octanol–water partition coefficient (Wildman–Crippen LogP) is 4.66. The first kappa shape index (κ1) is 20.8. The van der Waals surface area contributed by atoms with E-state index in [0.717, 1.165) is 6.08 Å². The van der Waals surface area contributed by atoms with Crippen LogP contribution in [0.2, 0.25) is 0 Å². The lowest BCUT2D eigenvalue weighted by molar-refractivity contribution is -0.114. The number of halogens is 6. The smallest absolute Gasteiger partial charge is 0.280 e. The Morgan fingerprint density at radius 2 is 1.62 bits per heavy atom. The van der Waals surface area contributed by atoms with Crippen LogP contribution in [-0.2, 0) is 4.79 Å². The maximum atomic E-state index is 14.1. The minimum Gasteiger partial charge on any atom is -0.504 e. The van der Waals surface area contributed by atoms with E-state index in [1.54, 1.807) is 0 Å². The number of ether oxygens (including phenoxy) is 1. The largest absolute Gasteiger partial charge is 0.504 e. The molecule has 0 atom stereocenters. The summed E-state index contributed by atoms with van der Waals surface area (Å²) in [5, 5.41) is 13.9. The Kier molecular flexibility index (Phi) is 5.35. The van der Waals surface area contributed by atoms with E-state index in [1.807, 2.05) is 0 Å². The molecule has 0 spiro atoms. The van der Waals surface area contributed by atoms with Crippen LogP contribution in [0, 0.1) is 29.1 Å². The minimum absolute atomic E-state index is 0.0720. The molecule has 29 heavy (non-hydrogen) atoms. The van der Waals surface area contributed by atoms with Crippen LogP contribution in [-0.4, -0.2) is 23.8 Å². The summed E-state index contributed by atoms with van der Waals surface area (Å²) in [6, 6.07) is 2.88. The molecule has 2 aromatic carbocycles. The lowest BCUT2D eigenvalue weighted by Gasteiger charge is -2.15. The molecule has 0 unspecified atom stereocenters. The average molecular weight is 477 g/mol. The van der Waals surface area contributed by atoms with Crippen molar-refractivity contribution in [2.24, 2.45) is 5.10 Å². The van der Waals surface area contributed by atoms with Gasteiger partial charge in [0, 0.05) is 10.0 Å². The molecule has 1 N–H and O–H groups in total. The van der Waals surface area contributed by atoms with Gasteiger partial charge >= 0.3 is 0 Å². The van der Waals surface area contributed by atoms with E-state index in [4.69, 9.17) is 4.74 Å². The molecular formula is C18H10BrF5N2O3. The van der Waals surface area contributed by atoms with Crippen molar-refractivity contribution in [3.63, 3.8) is 0 Å². The number of nitrogens with zero attached hydrogens (tertiary/aromatic N) is 2. The summed E-state index contributed by atoms with van der Waals surface area (Å²) in [5.41, 5.74) is -1.71. The number of hydrazone groups is 1. The van der Waals surface area contributed by atoms with Gasteiger partial charge in [-0.2, -0.15) is 10.1 Å². The lowest BCUT2D eigenvalue weighted by atomic mass is 10.1. The van der Waals surface area contributed by atoms with E-state index < -0.39 is 40.7 Å². The molecule has 0 bridgehead atoms. The highest BCUT2D eigenvalue weighted by atomic mass is 79.9. The standard InChI is InChI=1S/C18H10BrF5N2O3/c1-6-9(4-7-3-8(19)5-10(29-2)17(7)27)18(28)26(25-6)16-14(23)12(21)11(20)13(22)15(16)24/h3-5,27H,1-2H3/b9-4+. The zero-order valence-electron chi connectivity index (χ0n) is 14.7. The Morgan fingerprint density at radius 1 is 1.07 bits per heavy atom. The molecule has 152 valence electrons. The van der Waals surface area contributed by atoms with Gasteiger partial charge in [0.2, 0.25) is 5.82 Å². The summed E-state index contributed by atoms with van der Waals surface area (Å²) in [6.45, 7) is 1.29. The van der Waals surface area contributed by atoms with Crippen molar-refractivity contribution in [1.29, 1.82) is 0 Å². The summed E-state index contributed by atoms with van der Waals surface area (Å²) < 4.78 is 73.8. The van der Waals surface area contributed by atoms with Crippen LogP contribution < -0.4 is 9.75 Å². The van der Waals surface area contributed by atoms with Crippen molar-refractivity contribution in [3.8, 4) is 11.5 Å². The fourth-order valence-electron chi connectivity index (χ4n) is 2.63. The third kappa shape index (κ3) is 3.35. The van der Waals surface area contributed by atoms with Crippen LogP contribution in [0.4, 0.5) is 27.6 Å². The Balaban J connectivity index is 2.13. The summed E-state index contributed by atoms with van der Waals surface area (Å²) in [5.74, 6) is -12.6. The van der Waals surface area contributed by atoms with Gasteiger partial charge in [-0.3, -0.25) is 4.79 Å². The molecule has 0 aliphatic carbocycles. The highest BCUT2D eigenvalue weighted by molar-refractivity contribution is 9.10. The van der Waals surface area contributed by atoms with E-state index in [9.17, 15) is 31.9 Å². The number of hydrogen-bond donors (Lipinski definition) is 1. The van der Waals surface area contributed by atoms with Gasteiger partial charge < -0.3 is 9.84 Å². The first-order chi connectivity index (χ1) is 13.6. The Bertz CT molecular complexity index is 1090. The molecule has 3 rings (SSSR count). The predicted molar refractivity (Wildman–Crippen MR) is 97.2 cm³/mol. The lowest BCUT2D eigenvalue weighted by Crippen LogP contribution is -2.25. The number of amides is 1. The van der Waals surface area contributed by atoms with Crippen LogP contribution in [0.25, 0.3) is 6.08 Å². The Labute approximate surface area is 168 Å². The van der Waals surface area contributed by atoms with Gasteiger partial charge in [-0.15, -0.1) is 0 Å². The zero-order valence-corrected chi connectivity index (χ0v) is 16.2. The number of carbonyl (C=O) groups is 1. The molecule has 0 aromatic heterocycles. The summed E-state index contributed by atoms with van der Waals surface area (Å²) >= 11 is 3.19. The maximum absolute atomic E-state index is 14.1. The molecule has 0 saturated heterocycles. The summed E-state index contributed by atoms with van der Waals surface area (Å²) in [7, 11) is 1.30. The van der Waals surface area contributed by atoms with Crippen molar-refractivity contribution < 1.29 is 36.6 Å². The van der Waals surface area contributed by atoms with Crippen molar-refractivity contribution in [2.75, 3.05) is 12.1 Å². The number of benzene rings is 2. The third-order valence-corrected chi connectivity index (χ3v) is 4.51. The average Bonchev–Trinajstić information content (AvgIpc) is 2.95. The van der Waals surface area contributed by atoms with E-state index in [0.29, 0.717) is 4.47 Å². The van der Waals surface area contributed by atoms with E-state index in [-0.39, 0.29) is 33.4 Å². The quantitative estimate of drug-likeness (QED) is 0.303. The third-order valence-electron chi connectivity index (χ3n) is 4.05. The number of carbonyl (C=O) groups excluding carboxylic acids is 1. The van der Waals surface area contributed by atoms with Gasteiger partial charge in [-0.1, -0.05) is 15.9 Å². The molecule has 11 heteroatoms. The van der Waals surface area contributed by atoms with Gasteiger partial charge in [0.15, 0.2) is 34.8 Å². The molecule has 1 aliphatic heterocycles. The molecular weight excluding hydrogens is 467 g/mol. The first-order valence-electron chi connectivity index (χ1n) is 7.78. The maximum Gasteiger partial charge on any atom is 0.280 e. The second kappa shape index (κ2) is 7.47. The highest BCUT2D eigenvalue weighted by Gasteiger charge is 2.37. The van der Waals surface area contributed by atoms with Crippen LogP contribution in [0.5, 0.6) is 11.5 Å². The second-order valence-corrected chi connectivity index (χ2v) is 6.74. The molecule has 2 aromatic rings. The number of hydrogen-bond acceptors (Lipinski definition) is 4. The Morgan fingerprint density at radius 3 is 2.17 bits per heavy atom. The van der Waals surface area contributed by atoms with E-state index >= 15 is 0 Å². The summed E-state index contributed by atoms with van der Waals surface area (Å²) in [4.78, 5) is 12.6. The van der Waals surface area contributed by atoms with E-state index in [2.05, 4.69) is 21.0 Å². The number of rotatable bonds is 3. The highest BCUT2D eigenvalue weighted by Crippen LogP contribution is 2.37. The molecule has 0 radical (unpaired) electrons. The molecule has 5 nitrogen and oxygen atoms in total. The van der Waals surface area contributed by atoms with Crippen molar-refractivity contribution in [3.05, 3.63) is 56.8 Å². The van der Waals surface area contributed by atoms with Gasteiger partial charge in [-0.25, -0.2) is 22.0 Å². The Hall–Kier alpha value is -2.95. The number of phenols is 1. The van der Waals surface area contributed by atoms with Gasteiger partial charge in [-0.05, 0) is 25.1 Å².